The molecule has 0 aliphatic carbocycles. The molecule has 1 spiro atoms. The molecule has 0 radical (unpaired) electrons. The van der Waals surface area contributed by atoms with Gasteiger partial charge in [0.1, 0.15) is 17.0 Å². The van der Waals surface area contributed by atoms with Gasteiger partial charge >= 0.3 is 18.9 Å². The van der Waals surface area contributed by atoms with E-state index in [9.17, 15) is 19.5 Å². The molecule has 0 N–H and O–H groups in total. The fourth-order valence-electron chi connectivity index (χ4n) is 9.26. The summed E-state index contributed by atoms with van der Waals surface area (Å²) in [6.07, 6.45) is 4.47. The van der Waals surface area contributed by atoms with Crippen molar-refractivity contribution in [2.45, 2.75) is 58.2 Å². The van der Waals surface area contributed by atoms with Gasteiger partial charge in [0, 0.05) is 76.7 Å². The van der Waals surface area contributed by atoms with Crippen LogP contribution in [0.1, 0.15) is 100 Å². The predicted octanol–water partition coefficient (Wildman–Crippen LogP) is 3.36. The number of carbonyl (C=O) groups is 4. The minimum Gasteiger partial charge on any atom is -0.548 e. The number of carbonyl (C=O) groups excluding carboxylic acids is 4. The van der Waals surface area contributed by atoms with Crippen LogP contribution in [-0.2, 0) is 10.3 Å². The number of aliphatic carboxylic acids is 1. The molecule has 5 aliphatic heterocycles. The van der Waals surface area contributed by atoms with Crippen molar-refractivity contribution in [1.29, 1.82) is 0 Å². The van der Waals surface area contributed by atoms with E-state index in [0.29, 0.717) is 27.6 Å². The molecule has 0 fully saturated rings. The fraction of sp³-hybridized carbons (Fsp3) is 0.273. The van der Waals surface area contributed by atoms with Gasteiger partial charge < -0.3 is 24.4 Å². The van der Waals surface area contributed by atoms with Crippen LogP contribution in [0.3, 0.4) is 0 Å². The normalized spacial score (nSPS) is 19.0. The summed E-state index contributed by atoms with van der Waals surface area (Å²) in [5.41, 5.74) is 7.53. The number of anilines is 3. The van der Waals surface area contributed by atoms with Crippen LogP contribution in [0.15, 0.2) is 78.9 Å². The summed E-state index contributed by atoms with van der Waals surface area (Å²) in [5.74, 6) is -2.14. The monoisotopic (exact) mass is 726 g/mol. The van der Waals surface area contributed by atoms with Crippen molar-refractivity contribution in [2.75, 3.05) is 35.3 Å². The summed E-state index contributed by atoms with van der Waals surface area (Å²) in [5, 5.41) is 11.5. The number of allylic oxidation sites excluding steroid dienone is 2. The van der Waals surface area contributed by atoms with Crippen molar-refractivity contribution < 1.29 is 47.9 Å². The third-order valence-corrected chi connectivity index (χ3v) is 12.2. The topological polar surface area (TPSA) is 114 Å². The van der Waals surface area contributed by atoms with E-state index >= 15 is 4.79 Å². The Hall–Kier alpha value is -5.56. The van der Waals surface area contributed by atoms with Crippen LogP contribution in [0.25, 0.3) is 11.1 Å². The van der Waals surface area contributed by atoms with Crippen molar-refractivity contribution >= 4 is 51.9 Å². The van der Waals surface area contributed by atoms with E-state index in [1.165, 1.54) is 12.1 Å². The fourth-order valence-corrected chi connectivity index (χ4v) is 9.26. The number of likely N-dealkylation sites (N-methyl/N-ethyl adjacent to an activating group) is 2. The minimum atomic E-state index is -1.55. The predicted molar refractivity (Wildman–Crippen MR) is 205 cm³/mol. The number of hydrogen-bond donors (Lipinski definition) is 0. The van der Waals surface area contributed by atoms with Gasteiger partial charge in [-0.25, -0.2) is 0 Å². The van der Waals surface area contributed by atoms with Crippen LogP contribution in [-0.4, -0.2) is 60.3 Å². The average molecular weight is 727 g/mol. The summed E-state index contributed by atoms with van der Waals surface area (Å²) in [7, 11) is 4.13. The summed E-state index contributed by atoms with van der Waals surface area (Å²) >= 11 is 0. The SMILES string of the molecule is CC1=CC(C)(C)N(C)c2cc3c(cc21)C1(c2cc4c(cc2O3)N(C)C(C)(C)C=C4C)c2ccccc2C(=O)N1c1ccc2c(c1)C(=O)N(CC(=O)[O-])C2=O.[Li+]. The number of hydrogen-bond acceptors (Lipinski definition) is 8. The Morgan fingerprint density at radius 2 is 1.18 bits per heavy atom. The molecule has 272 valence electrons. The molecule has 0 aromatic heterocycles. The Kier molecular flexibility index (Phi) is 7.76. The number of carboxylic acids is 1. The standard InChI is InChI=1S/C44H40N4O6.Li/c1-23-20-42(3,4)45(7)34-18-36-32(16-28(23)34)44(33-17-29-24(2)21-43(5,6)46(8)35(29)19-37(33)54-36)31-12-10-9-11-27(31)41(53)48(44)25-13-14-26-30(15-25)40(52)47(39(26)51)22-38(49)50;/h9-21H,22H2,1-8H3,(H,49,50);/q;+1/p-1. The van der Waals surface area contributed by atoms with E-state index in [4.69, 9.17) is 4.74 Å². The number of carboxylic acid groups (broad SMARTS) is 1. The van der Waals surface area contributed by atoms with Crippen molar-refractivity contribution in [3.8, 4) is 11.5 Å². The Labute approximate surface area is 331 Å². The number of fused-ring (bicyclic) bond motifs is 9. The summed E-state index contributed by atoms with van der Waals surface area (Å²) in [6, 6.07) is 20.7. The first-order chi connectivity index (χ1) is 25.5. The van der Waals surface area contributed by atoms with Crippen molar-refractivity contribution in [3.63, 3.8) is 0 Å². The van der Waals surface area contributed by atoms with Gasteiger partial charge in [-0.3, -0.25) is 24.2 Å². The van der Waals surface area contributed by atoms with Crippen LogP contribution in [0.4, 0.5) is 17.1 Å². The number of ether oxygens (including phenoxy) is 1. The van der Waals surface area contributed by atoms with E-state index < -0.39 is 29.9 Å². The Morgan fingerprint density at radius 1 is 0.655 bits per heavy atom. The largest absolute Gasteiger partial charge is 1.00 e. The van der Waals surface area contributed by atoms with Gasteiger partial charge in [0.25, 0.3) is 17.7 Å². The Balaban J connectivity index is 0.00000427. The van der Waals surface area contributed by atoms with Gasteiger partial charge in [-0.2, -0.15) is 0 Å². The molecular weight excluding hydrogens is 687 g/mol. The molecule has 4 aromatic carbocycles. The van der Waals surface area contributed by atoms with Crippen molar-refractivity contribution in [3.05, 3.63) is 123 Å². The maximum atomic E-state index is 15.1. The van der Waals surface area contributed by atoms with E-state index in [0.717, 1.165) is 50.3 Å². The molecule has 10 nitrogen and oxygen atoms in total. The van der Waals surface area contributed by atoms with Gasteiger partial charge in [-0.05, 0) is 89.1 Å². The van der Waals surface area contributed by atoms with Gasteiger partial charge in [0.05, 0.1) is 34.7 Å². The molecule has 3 amide bonds. The second-order valence-electron chi connectivity index (χ2n) is 16.1. The van der Waals surface area contributed by atoms with Crippen LogP contribution < -0.4 is 43.4 Å². The first-order valence-corrected chi connectivity index (χ1v) is 18.0. The quantitative estimate of drug-likeness (QED) is 0.234. The first-order valence-electron chi connectivity index (χ1n) is 18.0. The molecule has 0 atom stereocenters. The number of benzene rings is 4. The number of amides is 3. The zero-order chi connectivity index (χ0) is 38.4. The van der Waals surface area contributed by atoms with E-state index in [1.54, 1.807) is 11.0 Å². The summed E-state index contributed by atoms with van der Waals surface area (Å²) < 4.78 is 6.99. The second kappa shape index (κ2) is 11.7. The molecule has 5 heterocycles. The number of rotatable bonds is 3. The number of imide groups is 1. The van der Waals surface area contributed by atoms with Crippen LogP contribution >= 0.6 is 0 Å². The third kappa shape index (κ3) is 4.74. The van der Waals surface area contributed by atoms with Gasteiger partial charge in [-0.15, -0.1) is 0 Å². The zero-order valence-electron chi connectivity index (χ0n) is 32.5. The Bertz CT molecular complexity index is 2440. The molecular formula is C44H39LiN4O6. The van der Waals surface area contributed by atoms with Crippen LogP contribution in [0.2, 0.25) is 0 Å². The zero-order valence-corrected chi connectivity index (χ0v) is 32.5. The van der Waals surface area contributed by atoms with Crippen LogP contribution in [0, 0.1) is 0 Å². The summed E-state index contributed by atoms with van der Waals surface area (Å²) in [6.45, 7) is 12.0. The van der Waals surface area contributed by atoms with Crippen molar-refractivity contribution in [2.24, 2.45) is 0 Å². The molecule has 0 unspecified atom stereocenters. The molecule has 0 bridgehead atoms. The smallest absolute Gasteiger partial charge is 0.548 e. The van der Waals surface area contributed by atoms with Gasteiger partial charge in [0.15, 0.2) is 0 Å². The molecule has 9 rings (SSSR count). The molecule has 11 heteroatoms. The molecule has 5 aliphatic rings. The first kappa shape index (κ1) is 36.4. The maximum Gasteiger partial charge on any atom is 1.00 e. The maximum absolute atomic E-state index is 15.1. The van der Waals surface area contributed by atoms with E-state index in [-0.39, 0.29) is 47.0 Å². The molecule has 0 saturated carbocycles. The average Bonchev–Trinajstić information content (AvgIpc) is 3.51. The molecule has 55 heavy (non-hydrogen) atoms. The third-order valence-electron chi connectivity index (χ3n) is 12.2. The molecule has 0 saturated heterocycles. The molecule has 4 aromatic rings. The van der Waals surface area contributed by atoms with E-state index in [2.05, 4.69) is 102 Å². The van der Waals surface area contributed by atoms with Crippen LogP contribution in [0.5, 0.6) is 11.5 Å². The second-order valence-corrected chi connectivity index (χ2v) is 16.1. The van der Waals surface area contributed by atoms with E-state index in [1.807, 2.05) is 24.3 Å². The number of nitrogens with zero attached hydrogens (tertiary/aromatic N) is 4. The van der Waals surface area contributed by atoms with Gasteiger partial charge in [-0.1, -0.05) is 30.4 Å². The Morgan fingerprint density at radius 3 is 1.73 bits per heavy atom. The van der Waals surface area contributed by atoms with Gasteiger partial charge in [0.2, 0.25) is 0 Å². The summed E-state index contributed by atoms with van der Waals surface area (Å²) in [4.78, 5) is 60.3. The van der Waals surface area contributed by atoms with Crippen molar-refractivity contribution in [1.82, 2.24) is 4.90 Å². The minimum absolute atomic E-state index is 0.